The summed E-state index contributed by atoms with van der Waals surface area (Å²) in [6, 6.07) is 6.37. The van der Waals surface area contributed by atoms with Gasteiger partial charge in [0.2, 0.25) is 5.91 Å². The molecule has 0 aromatic heterocycles. The molecule has 1 heterocycles. The van der Waals surface area contributed by atoms with Crippen molar-refractivity contribution >= 4 is 5.91 Å². The number of likely N-dealkylation sites (N-methyl/N-ethyl adjacent to an activating group) is 1. The van der Waals surface area contributed by atoms with Crippen molar-refractivity contribution in [2.75, 3.05) is 7.05 Å². The first-order chi connectivity index (χ1) is 7.09. The number of carbonyl (C=O) groups is 1. The molecule has 0 fully saturated rings. The SMILES string of the molecule is CC(C)c1cccc2c1CC(=O)N(C)C2. The maximum Gasteiger partial charge on any atom is 0.227 e. The summed E-state index contributed by atoms with van der Waals surface area (Å²) in [6.45, 7) is 5.12. The summed E-state index contributed by atoms with van der Waals surface area (Å²) in [4.78, 5) is 13.5. The van der Waals surface area contributed by atoms with Crippen LogP contribution < -0.4 is 0 Å². The molecule has 1 amide bonds. The Labute approximate surface area is 90.9 Å². The summed E-state index contributed by atoms with van der Waals surface area (Å²) < 4.78 is 0. The fourth-order valence-corrected chi connectivity index (χ4v) is 2.19. The highest BCUT2D eigenvalue weighted by molar-refractivity contribution is 5.81. The molecule has 0 spiro atoms. The van der Waals surface area contributed by atoms with Gasteiger partial charge in [-0.3, -0.25) is 4.79 Å². The van der Waals surface area contributed by atoms with E-state index in [1.807, 2.05) is 7.05 Å². The van der Waals surface area contributed by atoms with Crippen LogP contribution in [0.1, 0.15) is 36.5 Å². The van der Waals surface area contributed by atoms with E-state index in [9.17, 15) is 4.79 Å². The zero-order valence-corrected chi connectivity index (χ0v) is 9.58. The van der Waals surface area contributed by atoms with Crippen LogP contribution in [0.4, 0.5) is 0 Å². The molecule has 0 saturated carbocycles. The quantitative estimate of drug-likeness (QED) is 0.686. The third-order valence-corrected chi connectivity index (χ3v) is 3.09. The van der Waals surface area contributed by atoms with Crippen LogP contribution in [0, 0.1) is 0 Å². The van der Waals surface area contributed by atoms with Crippen molar-refractivity contribution in [2.45, 2.75) is 32.7 Å². The number of nitrogens with zero attached hydrogens (tertiary/aromatic N) is 1. The van der Waals surface area contributed by atoms with Crippen molar-refractivity contribution < 1.29 is 4.79 Å². The predicted molar refractivity (Wildman–Crippen MR) is 60.7 cm³/mol. The van der Waals surface area contributed by atoms with Gasteiger partial charge in [-0.25, -0.2) is 0 Å². The molecule has 0 bridgehead atoms. The van der Waals surface area contributed by atoms with Gasteiger partial charge in [-0.15, -0.1) is 0 Å². The van der Waals surface area contributed by atoms with E-state index in [4.69, 9.17) is 0 Å². The zero-order chi connectivity index (χ0) is 11.0. The molecule has 2 rings (SSSR count). The van der Waals surface area contributed by atoms with Crippen molar-refractivity contribution in [3.63, 3.8) is 0 Å². The van der Waals surface area contributed by atoms with Crippen LogP contribution in [-0.2, 0) is 17.8 Å². The molecule has 80 valence electrons. The maximum atomic E-state index is 11.7. The van der Waals surface area contributed by atoms with Crippen LogP contribution in [0.15, 0.2) is 18.2 Å². The lowest BCUT2D eigenvalue weighted by atomic mass is 9.89. The second kappa shape index (κ2) is 3.69. The fraction of sp³-hybridized carbons (Fsp3) is 0.462. The normalized spacial score (nSPS) is 15.7. The largest absolute Gasteiger partial charge is 0.341 e. The second-order valence-corrected chi connectivity index (χ2v) is 4.57. The molecule has 0 radical (unpaired) electrons. The lowest BCUT2D eigenvalue weighted by molar-refractivity contribution is -0.130. The Balaban J connectivity index is 2.48. The van der Waals surface area contributed by atoms with E-state index in [2.05, 4.69) is 32.0 Å². The first kappa shape index (κ1) is 10.2. The van der Waals surface area contributed by atoms with Gasteiger partial charge in [0.05, 0.1) is 6.42 Å². The summed E-state index contributed by atoms with van der Waals surface area (Å²) in [5.41, 5.74) is 3.90. The first-order valence-electron chi connectivity index (χ1n) is 5.44. The number of rotatable bonds is 1. The number of fused-ring (bicyclic) bond motifs is 1. The van der Waals surface area contributed by atoms with Gasteiger partial charge in [0, 0.05) is 13.6 Å². The zero-order valence-electron chi connectivity index (χ0n) is 9.58. The first-order valence-corrected chi connectivity index (χ1v) is 5.44. The average molecular weight is 203 g/mol. The fourth-order valence-electron chi connectivity index (χ4n) is 2.19. The molecule has 2 nitrogen and oxygen atoms in total. The number of amides is 1. The molecule has 0 aliphatic carbocycles. The summed E-state index contributed by atoms with van der Waals surface area (Å²) in [5, 5.41) is 0. The number of hydrogen-bond donors (Lipinski definition) is 0. The molecule has 0 atom stereocenters. The van der Waals surface area contributed by atoms with Gasteiger partial charge in [0.15, 0.2) is 0 Å². The standard InChI is InChI=1S/C13H17NO/c1-9(2)11-6-4-5-10-8-14(3)13(15)7-12(10)11/h4-6,9H,7-8H2,1-3H3. The molecule has 15 heavy (non-hydrogen) atoms. The topological polar surface area (TPSA) is 20.3 Å². The van der Waals surface area contributed by atoms with Crippen molar-refractivity contribution in [3.05, 3.63) is 34.9 Å². The second-order valence-electron chi connectivity index (χ2n) is 4.57. The molecule has 1 aliphatic rings. The Kier molecular flexibility index (Phi) is 2.51. The van der Waals surface area contributed by atoms with E-state index < -0.39 is 0 Å². The van der Waals surface area contributed by atoms with E-state index in [1.165, 1.54) is 16.7 Å². The van der Waals surface area contributed by atoms with Crippen LogP contribution in [0.5, 0.6) is 0 Å². The number of benzene rings is 1. The summed E-state index contributed by atoms with van der Waals surface area (Å²) in [7, 11) is 1.87. The Morgan fingerprint density at radius 2 is 2.07 bits per heavy atom. The molecule has 1 aliphatic heterocycles. The molecule has 0 saturated heterocycles. The van der Waals surface area contributed by atoms with Crippen LogP contribution in [0.25, 0.3) is 0 Å². The number of carbonyl (C=O) groups excluding carboxylic acids is 1. The highest BCUT2D eigenvalue weighted by Gasteiger charge is 2.22. The molecular weight excluding hydrogens is 186 g/mol. The highest BCUT2D eigenvalue weighted by Crippen LogP contribution is 2.27. The van der Waals surface area contributed by atoms with E-state index in [-0.39, 0.29) is 5.91 Å². The van der Waals surface area contributed by atoms with Gasteiger partial charge in [0.1, 0.15) is 0 Å². The lowest BCUT2D eigenvalue weighted by Crippen LogP contribution is -2.33. The van der Waals surface area contributed by atoms with E-state index >= 15 is 0 Å². The highest BCUT2D eigenvalue weighted by atomic mass is 16.2. The molecule has 2 heteroatoms. The van der Waals surface area contributed by atoms with Gasteiger partial charge in [-0.2, -0.15) is 0 Å². The summed E-state index contributed by atoms with van der Waals surface area (Å²) >= 11 is 0. The number of hydrogen-bond acceptors (Lipinski definition) is 1. The third kappa shape index (κ3) is 1.76. The van der Waals surface area contributed by atoms with Gasteiger partial charge >= 0.3 is 0 Å². The van der Waals surface area contributed by atoms with Gasteiger partial charge < -0.3 is 4.90 Å². The molecule has 1 aromatic carbocycles. The van der Waals surface area contributed by atoms with Crippen molar-refractivity contribution in [3.8, 4) is 0 Å². The minimum atomic E-state index is 0.232. The van der Waals surface area contributed by atoms with Crippen LogP contribution in [0.3, 0.4) is 0 Å². The van der Waals surface area contributed by atoms with Gasteiger partial charge in [-0.1, -0.05) is 32.0 Å². The van der Waals surface area contributed by atoms with E-state index in [0.29, 0.717) is 12.3 Å². The molecule has 1 aromatic rings. The van der Waals surface area contributed by atoms with Crippen LogP contribution in [0.2, 0.25) is 0 Å². The minimum Gasteiger partial charge on any atom is -0.341 e. The Bertz CT molecular complexity index is 396. The summed E-state index contributed by atoms with van der Waals surface area (Å²) in [5.74, 6) is 0.728. The Morgan fingerprint density at radius 1 is 1.33 bits per heavy atom. The Morgan fingerprint density at radius 3 is 2.73 bits per heavy atom. The predicted octanol–water partition coefficient (Wildman–Crippen LogP) is 2.32. The molecular formula is C13H17NO. The lowest BCUT2D eigenvalue weighted by Gasteiger charge is -2.27. The Hall–Kier alpha value is -1.31. The van der Waals surface area contributed by atoms with E-state index in [1.54, 1.807) is 4.90 Å². The minimum absolute atomic E-state index is 0.232. The van der Waals surface area contributed by atoms with Crippen molar-refractivity contribution in [2.24, 2.45) is 0 Å². The molecule has 0 unspecified atom stereocenters. The van der Waals surface area contributed by atoms with Gasteiger partial charge in [0.25, 0.3) is 0 Å². The van der Waals surface area contributed by atoms with Crippen molar-refractivity contribution in [1.82, 2.24) is 4.90 Å². The van der Waals surface area contributed by atoms with E-state index in [0.717, 1.165) is 6.54 Å². The summed E-state index contributed by atoms with van der Waals surface area (Å²) in [6.07, 6.45) is 0.570. The van der Waals surface area contributed by atoms with Gasteiger partial charge in [-0.05, 0) is 22.6 Å². The van der Waals surface area contributed by atoms with Crippen LogP contribution >= 0.6 is 0 Å². The smallest absolute Gasteiger partial charge is 0.227 e. The third-order valence-electron chi connectivity index (χ3n) is 3.09. The van der Waals surface area contributed by atoms with Crippen molar-refractivity contribution in [1.29, 1.82) is 0 Å². The molecule has 0 N–H and O–H groups in total. The average Bonchev–Trinajstić information content (AvgIpc) is 2.18. The van der Waals surface area contributed by atoms with Crippen LogP contribution in [-0.4, -0.2) is 17.9 Å². The maximum absolute atomic E-state index is 11.7. The monoisotopic (exact) mass is 203 g/mol.